The fraction of sp³-hybridized carbons (Fsp3) is 0.636. The number of rotatable bonds is 4. The molecule has 1 aromatic heterocycles. The fourth-order valence-electron chi connectivity index (χ4n) is 1.88. The summed E-state index contributed by atoms with van der Waals surface area (Å²) in [6, 6.07) is 0. The van der Waals surface area contributed by atoms with Gasteiger partial charge in [-0.1, -0.05) is 6.42 Å². The van der Waals surface area contributed by atoms with E-state index in [4.69, 9.17) is 5.84 Å². The molecule has 0 saturated heterocycles. The number of hydrazine groups is 1. The molecule has 0 amide bonds. The van der Waals surface area contributed by atoms with Gasteiger partial charge in [-0.05, 0) is 32.6 Å². The second-order valence-electron chi connectivity index (χ2n) is 4.42. The summed E-state index contributed by atoms with van der Waals surface area (Å²) in [5.74, 6) is 8.55. The molecule has 0 spiro atoms. The van der Waals surface area contributed by atoms with E-state index in [1.807, 2.05) is 13.8 Å². The lowest BCUT2D eigenvalue weighted by molar-refractivity contribution is 0.333. The number of nitrogens with zero attached hydrogens (tertiary/aromatic N) is 2. The third kappa shape index (κ3) is 2.24. The highest BCUT2D eigenvalue weighted by atomic mass is 15.3. The van der Waals surface area contributed by atoms with Gasteiger partial charge in [0.25, 0.3) is 0 Å². The highest BCUT2D eigenvalue weighted by molar-refractivity contribution is 5.56. The normalized spacial score (nSPS) is 15.7. The Bertz CT molecular complexity index is 373. The van der Waals surface area contributed by atoms with Crippen LogP contribution in [0.15, 0.2) is 0 Å². The van der Waals surface area contributed by atoms with Crippen molar-refractivity contribution in [3.05, 3.63) is 11.4 Å². The van der Waals surface area contributed by atoms with E-state index in [1.54, 1.807) is 0 Å². The first kappa shape index (κ1) is 11.1. The Hall–Kier alpha value is -1.36. The zero-order valence-electron chi connectivity index (χ0n) is 9.88. The Balaban J connectivity index is 2.08. The van der Waals surface area contributed by atoms with Crippen molar-refractivity contribution in [2.24, 2.45) is 11.8 Å². The molecule has 1 aromatic rings. The molecule has 5 nitrogen and oxygen atoms in total. The van der Waals surface area contributed by atoms with Crippen molar-refractivity contribution in [2.75, 3.05) is 17.3 Å². The van der Waals surface area contributed by atoms with E-state index in [9.17, 15) is 0 Å². The van der Waals surface area contributed by atoms with Crippen molar-refractivity contribution in [1.82, 2.24) is 9.97 Å². The molecule has 1 fully saturated rings. The zero-order chi connectivity index (χ0) is 11.5. The highest BCUT2D eigenvalue weighted by Gasteiger charge is 2.17. The first-order chi connectivity index (χ1) is 7.70. The van der Waals surface area contributed by atoms with Crippen LogP contribution >= 0.6 is 0 Å². The molecule has 4 N–H and O–H groups in total. The molecular formula is C11H19N5. The topological polar surface area (TPSA) is 75.9 Å². The van der Waals surface area contributed by atoms with E-state index in [2.05, 4.69) is 20.7 Å². The zero-order valence-corrected chi connectivity index (χ0v) is 9.88. The second-order valence-corrected chi connectivity index (χ2v) is 4.42. The molecule has 2 rings (SSSR count). The van der Waals surface area contributed by atoms with Gasteiger partial charge in [0.2, 0.25) is 0 Å². The molecule has 0 radical (unpaired) electrons. The van der Waals surface area contributed by atoms with Gasteiger partial charge in [-0.15, -0.1) is 0 Å². The number of anilines is 2. The Kier molecular flexibility index (Phi) is 3.24. The van der Waals surface area contributed by atoms with Gasteiger partial charge in [0, 0.05) is 12.1 Å². The Labute approximate surface area is 95.8 Å². The van der Waals surface area contributed by atoms with E-state index < -0.39 is 0 Å². The lowest BCUT2D eigenvalue weighted by Gasteiger charge is -2.26. The van der Waals surface area contributed by atoms with Crippen LogP contribution in [-0.2, 0) is 0 Å². The van der Waals surface area contributed by atoms with Crippen LogP contribution in [-0.4, -0.2) is 16.5 Å². The lowest BCUT2D eigenvalue weighted by atomic mass is 9.85. The second kappa shape index (κ2) is 4.65. The Morgan fingerprint density at radius 2 is 1.94 bits per heavy atom. The van der Waals surface area contributed by atoms with Crippen LogP contribution < -0.4 is 16.6 Å². The van der Waals surface area contributed by atoms with Crippen molar-refractivity contribution in [1.29, 1.82) is 0 Å². The SMILES string of the molecule is Cc1nc(NN)c(C)c(NCC2CCC2)n1. The minimum Gasteiger partial charge on any atom is -0.369 e. The summed E-state index contributed by atoms with van der Waals surface area (Å²) >= 11 is 0. The van der Waals surface area contributed by atoms with E-state index in [-0.39, 0.29) is 0 Å². The Morgan fingerprint density at radius 1 is 1.25 bits per heavy atom. The summed E-state index contributed by atoms with van der Waals surface area (Å²) in [6.07, 6.45) is 4.03. The summed E-state index contributed by atoms with van der Waals surface area (Å²) in [5.41, 5.74) is 3.58. The summed E-state index contributed by atoms with van der Waals surface area (Å²) < 4.78 is 0. The lowest BCUT2D eigenvalue weighted by Crippen LogP contribution is -2.22. The van der Waals surface area contributed by atoms with Crippen LogP contribution in [0.3, 0.4) is 0 Å². The summed E-state index contributed by atoms with van der Waals surface area (Å²) in [6.45, 7) is 4.84. The van der Waals surface area contributed by atoms with Gasteiger partial charge in [0.05, 0.1) is 0 Å². The number of hydrogen-bond donors (Lipinski definition) is 3. The molecule has 0 bridgehead atoms. The molecule has 5 heteroatoms. The fourth-order valence-corrected chi connectivity index (χ4v) is 1.88. The van der Waals surface area contributed by atoms with E-state index >= 15 is 0 Å². The van der Waals surface area contributed by atoms with Crippen molar-refractivity contribution in [2.45, 2.75) is 33.1 Å². The van der Waals surface area contributed by atoms with Crippen LogP contribution in [0.4, 0.5) is 11.6 Å². The van der Waals surface area contributed by atoms with Crippen LogP contribution in [0.25, 0.3) is 0 Å². The van der Waals surface area contributed by atoms with Gasteiger partial charge in [-0.2, -0.15) is 0 Å². The summed E-state index contributed by atoms with van der Waals surface area (Å²) in [7, 11) is 0. The maximum absolute atomic E-state index is 5.41. The Morgan fingerprint density at radius 3 is 2.50 bits per heavy atom. The molecule has 1 aliphatic rings. The van der Waals surface area contributed by atoms with Crippen LogP contribution in [0.1, 0.15) is 30.7 Å². The third-order valence-electron chi connectivity index (χ3n) is 3.18. The summed E-state index contributed by atoms with van der Waals surface area (Å²) in [5, 5.41) is 3.38. The molecule has 88 valence electrons. The number of nitrogens with two attached hydrogens (primary N) is 1. The number of nitrogen functional groups attached to an aromatic ring is 1. The molecule has 1 saturated carbocycles. The van der Waals surface area contributed by atoms with Gasteiger partial charge < -0.3 is 10.7 Å². The number of aryl methyl sites for hydroxylation is 1. The molecular weight excluding hydrogens is 202 g/mol. The predicted octanol–water partition coefficient (Wildman–Crippen LogP) is 1.59. The minimum atomic E-state index is 0.698. The maximum atomic E-state index is 5.41. The first-order valence-corrected chi connectivity index (χ1v) is 5.76. The monoisotopic (exact) mass is 221 g/mol. The summed E-state index contributed by atoms with van der Waals surface area (Å²) in [4.78, 5) is 8.62. The molecule has 0 aromatic carbocycles. The van der Waals surface area contributed by atoms with E-state index in [0.717, 1.165) is 29.7 Å². The van der Waals surface area contributed by atoms with E-state index in [0.29, 0.717) is 5.82 Å². The van der Waals surface area contributed by atoms with Crippen LogP contribution in [0.2, 0.25) is 0 Å². The standard InChI is InChI=1S/C11H19N5/c1-7-10(13-6-9-4-3-5-9)14-8(2)15-11(7)16-12/h9H,3-6,12H2,1-2H3,(H2,13,14,15,16). The van der Waals surface area contributed by atoms with Crippen molar-refractivity contribution in [3.63, 3.8) is 0 Å². The number of nitrogens with one attached hydrogen (secondary N) is 2. The van der Waals surface area contributed by atoms with Gasteiger partial charge in [-0.25, -0.2) is 15.8 Å². The van der Waals surface area contributed by atoms with Crippen molar-refractivity contribution >= 4 is 11.6 Å². The van der Waals surface area contributed by atoms with Crippen LogP contribution in [0, 0.1) is 19.8 Å². The predicted molar refractivity (Wildman–Crippen MR) is 65.1 cm³/mol. The molecule has 0 unspecified atom stereocenters. The molecule has 0 aliphatic heterocycles. The van der Waals surface area contributed by atoms with E-state index in [1.165, 1.54) is 19.3 Å². The smallest absolute Gasteiger partial charge is 0.148 e. The average molecular weight is 221 g/mol. The number of aromatic nitrogens is 2. The minimum absolute atomic E-state index is 0.698. The maximum Gasteiger partial charge on any atom is 0.148 e. The quantitative estimate of drug-likeness (QED) is 0.532. The largest absolute Gasteiger partial charge is 0.369 e. The van der Waals surface area contributed by atoms with Crippen molar-refractivity contribution < 1.29 is 0 Å². The average Bonchev–Trinajstić information content (AvgIpc) is 2.20. The number of hydrogen-bond acceptors (Lipinski definition) is 5. The molecule has 1 heterocycles. The molecule has 0 atom stereocenters. The van der Waals surface area contributed by atoms with Gasteiger partial charge >= 0.3 is 0 Å². The van der Waals surface area contributed by atoms with Gasteiger partial charge in [0.1, 0.15) is 17.5 Å². The van der Waals surface area contributed by atoms with Crippen molar-refractivity contribution in [3.8, 4) is 0 Å². The third-order valence-corrected chi connectivity index (χ3v) is 3.18. The molecule has 1 aliphatic carbocycles. The van der Waals surface area contributed by atoms with Gasteiger partial charge in [0.15, 0.2) is 0 Å². The first-order valence-electron chi connectivity index (χ1n) is 5.76. The molecule has 16 heavy (non-hydrogen) atoms. The highest BCUT2D eigenvalue weighted by Crippen LogP contribution is 2.27. The van der Waals surface area contributed by atoms with Gasteiger partial charge in [-0.3, -0.25) is 0 Å². The van der Waals surface area contributed by atoms with Crippen LogP contribution in [0.5, 0.6) is 0 Å².